The monoisotopic (exact) mass is 317 g/mol. The van der Waals surface area contributed by atoms with Gasteiger partial charge in [0.15, 0.2) is 0 Å². The molecule has 4 heteroatoms. The number of carboxylic acids is 1. The molecule has 0 saturated heterocycles. The fourth-order valence-corrected chi connectivity index (χ4v) is 3.71. The summed E-state index contributed by atoms with van der Waals surface area (Å²) in [5.41, 5.74) is 7.72. The molecule has 127 valence electrons. The number of hydrogen-bond donors (Lipinski definition) is 2. The van der Waals surface area contributed by atoms with Crippen molar-refractivity contribution >= 4 is 5.97 Å². The molecule has 1 aromatic rings. The van der Waals surface area contributed by atoms with Gasteiger partial charge in [-0.1, -0.05) is 32.1 Å². The Bertz CT molecular complexity index is 472. The van der Waals surface area contributed by atoms with Gasteiger partial charge in [0.2, 0.25) is 0 Å². The van der Waals surface area contributed by atoms with Crippen LogP contribution in [0.2, 0.25) is 0 Å². The van der Waals surface area contributed by atoms with Crippen molar-refractivity contribution in [2.45, 2.75) is 63.3 Å². The molecule has 0 amide bonds. The fourth-order valence-electron chi connectivity index (χ4n) is 3.71. The smallest absolute Gasteiger partial charge is 0.306 e. The highest BCUT2D eigenvalue weighted by atomic mass is 16.4. The average molecular weight is 317 g/mol. The summed E-state index contributed by atoms with van der Waals surface area (Å²) >= 11 is 0. The molecular weight excluding hydrogens is 288 g/mol. The molecule has 0 aliphatic heterocycles. The van der Waals surface area contributed by atoms with Gasteiger partial charge in [-0.25, -0.2) is 0 Å². The molecule has 3 atom stereocenters. The van der Waals surface area contributed by atoms with Gasteiger partial charge in [0, 0.05) is 18.4 Å². The Kier molecular flexibility index (Phi) is 7.03. The molecule has 0 bridgehead atoms. The number of aliphatic carboxylic acids is 1. The van der Waals surface area contributed by atoms with Crippen LogP contribution in [0.4, 0.5) is 0 Å². The van der Waals surface area contributed by atoms with E-state index in [4.69, 9.17) is 10.8 Å². The summed E-state index contributed by atoms with van der Waals surface area (Å²) < 4.78 is 0. The lowest BCUT2D eigenvalue weighted by molar-refractivity contribution is -0.140. The van der Waals surface area contributed by atoms with Crippen LogP contribution >= 0.6 is 0 Å². The van der Waals surface area contributed by atoms with E-state index in [-0.39, 0.29) is 12.0 Å². The number of pyridine rings is 1. The van der Waals surface area contributed by atoms with Gasteiger partial charge in [-0.2, -0.15) is 0 Å². The Labute approximate surface area is 139 Å². The number of rotatable bonds is 8. The maximum Gasteiger partial charge on any atom is 0.306 e. The van der Waals surface area contributed by atoms with E-state index in [1.54, 1.807) is 12.4 Å². The Balaban J connectivity index is 2.01. The van der Waals surface area contributed by atoms with Crippen LogP contribution < -0.4 is 5.73 Å². The van der Waals surface area contributed by atoms with E-state index in [1.807, 2.05) is 12.1 Å². The van der Waals surface area contributed by atoms with Crippen molar-refractivity contribution in [2.24, 2.45) is 17.6 Å². The Hall–Kier alpha value is -1.42. The van der Waals surface area contributed by atoms with E-state index in [0.717, 1.165) is 18.8 Å². The van der Waals surface area contributed by atoms with E-state index in [1.165, 1.54) is 37.7 Å². The highest BCUT2D eigenvalue weighted by Gasteiger charge is 2.25. The van der Waals surface area contributed by atoms with Crippen LogP contribution in [0.3, 0.4) is 0 Å². The molecule has 1 aliphatic rings. The van der Waals surface area contributed by atoms with Crippen LogP contribution in [0.1, 0.15) is 62.8 Å². The summed E-state index contributed by atoms with van der Waals surface area (Å²) in [6.07, 6.45) is 12.5. The number of nitrogens with zero attached hydrogens (tertiary/aromatic N) is 1. The molecule has 2 rings (SSSR count). The molecule has 0 aromatic carbocycles. The van der Waals surface area contributed by atoms with Gasteiger partial charge in [-0.3, -0.25) is 9.78 Å². The molecule has 0 spiro atoms. The second kappa shape index (κ2) is 9.02. The van der Waals surface area contributed by atoms with Gasteiger partial charge in [-0.05, 0) is 55.7 Å². The molecular formula is C19H29N2O2. The number of hydrogen-bond acceptors (Lipinski definition) is 3. The van der Waals surface area contributed by atoms with Gasteiger partial charge < -0.3 is 10.8 Å². The minimum atomic E-state index is -0.834. The summed E-state index contributed by atoms with van der Waals surface area (Å²) in [5.74, 6) is -0.498. The van der Waals surface area contributed by atoms with Crippen LogP contribution in [0, 0.1) is 18.8 Å². The van der Waals surface area contributed by atoms with Gasteiger partial charge in [0.25, 0.3) is 0 Å². The molecule has 1 aliphatic carbocycles. The van der Waals surface area contributed by atoms with Crippen LogP contribution in [-0.4, -0.2) is 22.1 Å². The SMILES string of the molecule is [CH2]C(CCC(c1ccncc1)C(N)CC1CCCCC1)C(=O)O. The van der Waals surface area contributed by atoms with Crippen LogP contribution in [0.5, 0.6) is 0 Å². The zero-order valence-corrected chi connectivity index (χ0v) is 13.9. The van der Waals surface area contributed by atoms with Crippen molar-refractivity contribution in [2.75, 3.05) is 0 Å². The third-order valence-electron chi connectivity index (χ3n) is 5.16. The maximum atomic E-state index is 11.0. The molecule has 1 aromatic heterocycles. The number of nitrogens with two attached hydrogens (primary N) is 1. The van der Waals surface area contributed by atoms with Crippen molar-refractivity contribution in [3.63, 3.8) is 0 Å². The highest BCUT2D eigenvalue weighted by molar-refractivity contribution is 5.70. The van der Waals surface area contributed by atoms with Crippen LogP contribution in [0.25, 0.3) is 0 Å². The topological polar surface area (TPSA) is 76.2 Å². The lowest BCUT2D eigenvalue weighted by Gasteiger charge is -2.30. The lowest BCUT2D eigenvalue weighted by Crippen LogP contribution is -2.32. The second-order valence-corrected chi connectivity index (χ2v) is 6.90. The first kappa shape index (κ1) is 17.9. The predicted octanol–water partition coefficient (Wildman–Crippen LogP) is 3.78. The Morgan fingerprint density at radius 1 is 1.26 bits per heavy atom. The van der Waals surface area contributed by atoms with Crippen molar-refractivity contribution in [3.05, 3.63) is 37.0 Å². The zero-order chi connectivity index (χ0) is 16.7. The largest absolute Gasteiger partial charge is 0.481 e. The molecule has 3 N–H and O–H groups in total. The van der Waals surface area contributed by atoms with E-state index in [2.05, 4.69) is 11.9 Å². The van der Waals surface area contributed by atoms with Crippen molar-refractivity contribution in [3.8, 4) is 0 Å². The Morgan fingerprint density at radius 3 is 2.52 bits per heavy atom. The minimum absolute atomic E-state index is 0.0708. The zero-order valence-electron chi connectivity index (χ0n) is 13.9. The predicted molar refractivity (Wildman–Crippen MR) is 91.9 cm³/mol. The number of carbonyl (C=O) groups is 1. The molecule has 4 nitrogen and oxygen atoms in total. The van der Waals surface area contributed by atoms with Gasteiger partial charge >= 0.3 is 5.97 Å². The lowest BCUT2D eigenvalue weighted by atomic mass is 9.78. The standard InChI is InChI=1S/C19H29N2O2/c1-14(19(22)23)7-8-17(16-9-11-21-12-10-16)18(20)13-15-5-3-2-4-6-15/h9-12,14-15,17-18H,1-8,13,20H2,(H,22,23). The first-order chi connectivity index (χ1) is 11.1. The summed E-state index contributed by atoms with van der Waals surface area (Å²) in [5, 5.41) is 9.06. The minimum Gasteiger partial charge on any atom is -0.481 e. The van der Waals surface area contributed by atoms with E-state index < -0.39 is 11.9 Å². The van der Waals surface area contributed by atoms with Crippen molar-refractivity contribution in [1.29, 1.82) is 0 Å². The third-order valence-corrected chi connectivity index (χ3v) is 5.16. The highest BCUT2D eigenvalue weighted by Crippen LogP contribution is 2.33. The normalized spacial score (nSPS) is 19.9. The van der Waals surface area contributed by atoms with Gasteiger partial charge in [0.1, 0.15) is 0 Å². The van der Waals surface area contributed by atoms with E-state index in [0.29, 0.717) is 6.42 Å². The molecule has 1 fully saturated rings. The summed E-state index contributed by atoms with van der Waals surface area (Å²) in [7, 11) is 0. The Morgan fingerprint density at radius 2 is 1.91 bits per heavy atom. The number of carboxylic acid groups (broad SMARTS) is 1. The van der Waals surface area contributed by atoms with Gasteiger partial charge in [0.05, 0.1) is 5.92 Å². The summed E-state index contributed by atoms with van der Waals surface area (Å²) in [6, 6.07) is 4.08. The fraction of sp³-hybridized carbons (Fsp3) is 0.632. The second-order valence-electron chi connectivity index (χ2n) is 6.90. The average Bonchev–Trinajstić information content (AvgIpc) is 2.56. The van der Waals surface area contributed by atoms with Crippen LogP contribution in [-0.2, 0) is 4.79 Å². The number of aromatic nitrogens is 1. The molecule has 3 unspecified atom stereocenters. The third kappa shape index (κ3) is 5.61. The van der Waals surface area contributed by atoms with E-state index >= 15 is 0 Å². The van der Waals surface area contributed by atoms with Crippen molar-refractivity contribution < 1.29 is 9.90 Å². The molecule has 23 heavy (non-hydrogen) atoms. The first-order valence-electron chi connectivity index (χ1n) is 8.79. The molecule has 1 radical (unpaired) electrons. The van der Waals surface area contributed by atoms with Crippen LogP contribution in [0.15, 0.2) is 24.5 Å². The van der Waals surface area contributed by atoms with Crippen molar-refractivity contribution in [1.82, 2.24) is 4.98 Å². The quantitative estimate of drug-likeness (QED) is 0.765. The molecule has 1 saturated carbocycles. The summed E-state index contributed by atoms with van der Waals surface area (Å²) in [4.78, 5) is 15.1. The van der Waals surface area contributed by atoms with Gasteiger partial charge in [-0.15, -0.1) is 0 Å². The maximum absolute atomic E-state index is 11.0. The molecule has 1 heterocycles. The van der Waals surface area contributed by atoms with E-state index in [9.17, 15) is 4.79 Å². The summed E-state index contributed by atoms with van der Waals surface area (Å²) in [6.45, 7) is 3.73. The first-order valence-corrected chi connectivity index (χ1v) is 8.79.